The van der Waals surface area contributed by atoms with Gasteiger partial charge in [-0.05, 0) is 49.1 Å². The Morgan fingerprint density at radius 3 is 1.50 bits per heavy atom. The zero-order valence-corrected chi connectivity index (χ0v) is 21.8. The Kier molecular flexibility index (Phi) is 10.9. The first kappa shape index (κ1) is 26.3. The van der Waals surface area contributed by atoms with Crippen LogP contribution in [0.1, 0.15) is 67.7 Å². The van der Waals surface area contributed by atoms with E-state index < -0.39 is 16.6 Å². The van der Waals surface area contributed by atoms with Crippen molar-refractivity contribution in [1.29, 1.82) is 0 Å². The van der Waals surface area contributed by atoms with Gasteiger partial charge in [-0.3, -0.25) is 0 Å². The van der Waals surface area contributed by atoms with E-state index in [-0.39, 0.29) is 10.1 Å². The predicted octanol–water partition coefficient (Wildman–Crippen LogP) is 6.85. The van der Waals surface area contributed by atoms with Crippen molar-refractivity contribution < 1.29 is 13.6 Å². The molecule has 26 heavy (non-hydrogen) atoms. The van der Waals surface area contributed by atoms with Crippen LogP contribution in [0.4, 0.5) is 0 Å². The van der Waals surface area contributed by atoms with Gasteiger partial charge in [-0.25, -0.2) is 0 Å². The third kappa shape index (κ3) is 9.49. The van der Waals surface area contributed by atoms with E-state index in [1.54, 1.807) is 0 Å². The summed E-state index contributed by atoms with van der Waals surface area (Å²) in [5.74, 6) is 0.417. The first-order valence-corrected chi connectivity index (χ1v) is 16.3. The van der Waals surface area contributed by atoms with Gasteiger partial charge < -0.3 is 13.6 Å². The largest absolute Gasteiger partial charge is 0.416 e. The Balaban J connectivity index is 4.74. The zero-order valence-electron chi connectivity index (χ0n) is 19.8. The number of ether oxygens (including phenoxy) is 1. The number of hydrogen-bond donors (Lipinski definition) is 0. The Labute approximate surface area is 166 Å². The molecule has 0 aromatic carbocycles. The van der Waals surface area contributed by atoms with Gasteiger partial charge in [0.2, 0.25) is 0 Å². The maximum atomic E-state index is 6.50. The SMILES string of the molecule is CCCCOCCC(CO[Si](C)(C)C(C)(C)C)CO[Si](C)(C)C(C)(C)C. The van der Waals surface area contributed by atoms with E-state index >= 15 is 0 Å². The number of rotatable bonds is 12. The molecule has 5 heteroatoms. The fraction of sp³-hybridized carbons (Fsp3) is 1.00. The summed E-state index contributed by atoms with van der Waals surface area (Å²) in [6.45, 7) is 28.6. The lowest BCUT2D eigenvalue weighted by molar-refractivity contribution is 0.0865. The molecule has 0 aliphatic carbocycles. The van der Waals surface area contributed by atoms with Crippen molar-refractivity contribution in [3.63, 3.8) is 0 Å². The molecule has 0 atom stereocenters. The van der Waals surface area contributed by atoms with Crippen LogP contribution in [0.5, 0.6) is 0 Å². The molecule has 0 bridgehead atoms. The topological polar surface area (TPSA) is 27.7 Å². The van der Waals surface area contributed by atoms with Crippen LogP contribution in [-0.4, -0.2) is 43.1 Å². The molecule has 0 N–H and O–H groups in total. The molecular weight excluding hydrogens is 356 g/mol. The quantitative estimate of drug-likeness (QED) is 0.263. The highest BCUT2D eigenvalue weighted by atomic mass is 28.4. The molecule has 0 aliphatic heterocycles. The molecule has 0 aromatic heterocycles. The molecule has 0 spiro atoms. The second kappa shape index (κ2) is 10.7. The van der Waals surface area contributed by atoms with Gasteiger partial charge >= 0.3 is 0 Å². The summed E-state index contributed by atoms with van der Waals surface area (Å²) < 4.78 is 18.8. The van der Waals surface area contributed by atoms with Crippen molar-refractivity contribution in [1.82, 2.24) is 0 Å². The average molecular weight is 405 g/mol. The monoisotopic (exact) mass is 404 g/mol. The van der Waals surface area contributed by atoms with E-state index in [9.17, 15) is 0 Å². The lowest BCUT2D eigenvalue weighted by Crippen LogP contribution is -2.44. The normalized spacial score (nSPS) is 14.3. The summed E-state index contributed by atoms with van der Waals surface area (Å²) in [7, 11) is -3.45. The Morgan fingerprint density at radius 1 is 0.731 bits per heavy atom. The Bertz CT molecular complexity index is 352. The maximum absolute atomic E-state index is 6.50. The van der Waals surface area contributed by atoms with Crippen LogP contribution in [0, 0.1) is 5.92 Å². The Morgan fingerprint density at radius 2 is 1.15 bits per heavy atom. The predicted molar refractivity (Wildman–Crippen MR) is 120 cm³/mol. The minimum Gasteiger partial charge on any atom is -0.416 e. The van der Waals surface area contributed by atoms with Gasteiger partial charge in [0, 0.05) is 32.3 Å². The number of unbranched alkanes of at least 4 members (excludes halogenated alkanes) is 1. The Hall–Kier alpha value is 0.314. The average Bonchev–Trinajstić information content (AvgIpc) is 2.46. The van der Waals surface area contributed by atoms with Gasteiger partial charge in [0.25, 0.3) is 0 Å². The van der Waals surface area contributed by atoms with Gasteiger partial charge in [-0.15, -0.1) is 0 Å². The minimum absolute atomic E-state index is 0.245. The van der Waals surface area contributed by atoms with Gasteiger partial charge in [0.1, 0.15) is 0 Å². The van der Waals surface area contributed by atoms with E-state index in [2.05, 4.69) is 74.7 Å². The van der Waals surface area contributed by atoms with Crippen LogP contribution >= 0.6 is 0 Å². The summed E-state index contributed by atoms with van der Waals surface area (Å²) in [6, 6.07) is 0. The van der Waals surface area contributed by atoms with Crippen LogP contribution in [0.3, 0.4) is 0 Å². The van der Waals surface area contributed by atoms with Crippen LogP contribution < -0.4 is 0 Å². The van der Waals surface area contributed by atoms with Crippen molar-refractivity contribution in [2.45, 2.75) is 104 Å². The lowest BCUT2D eigenvalue weighted by atomic mass is 10.1. The standard InChI is InChI=1S/C21H48O3Si2/c1-12-13-15-22-16-14-19(17-23-25(8,9)20(2,3)4)18-24-26(10,11)21(5,6)7/h19H,12-18H2,1-11H3. The lowest BCUT2D eigenvalue weighted by Gasteiger charge is -2.39. The molecule has 0 radical (unpaired) electrons. The van der Waals surface area contributed by atoms with Gasteiger partial charge in [-0.2, -0.15) is 0 Å². The zero-order chi connectivity index (χ0) is 20.6. The highest BCUT2D eigenvalue weighted by Crippen LogP contribution is 2.38. The molecule has 0 unspecified atom stereocenters. The van der Waals surface area contributed by atoms with Crippen molar-refractivity contribution >= 4 is 16.6 Å². The second-order valence-electron chi connectivity index (χ2n) is 10.8. The van der Waals surface area contributed by atoms with Crippen LogP contribution in [0.15, 0.2) is 0 Å². The molecule has 0 heterocycles. The summed E-state index contributed by atoms with van der Waals surface area (Å²) >= 11 is 0. The summed E-state index contributed by atoms with van der Waals surface area (Å²) in [5.41, 5.74) is 0. The molecule has 0 saturated carbocycles. The summed E-state index contributed by atoms with van der Waals surface area (Å²) in [5, 5.41) is 0.491. The van der Waals surface area contributed by atoms with Gasteiger partial charge in [-0.1, -0.05) is 54.9 Å². The van der Waals surface area contributed by atoms with Crippen LogP contribution in [-0.2, 0) is 13.6 Å². The first-order chi connectivity index (χ1) is 11.6. The smallest absolute Gasteiger partial charge is 0.191 e. The second-order valence-corrected chi connectivity index (χ2v) is 20.4. The van der Waals surface area contributed by atoms with Crippen LogP contribution in [0.2, 0.25) is 36.3 Å². The van der Waals surface area contributed by atoms with E-state index in [0.29, 0.717) is 5.92 Å². The van der Waals surface area contributed by atoms with Crippen molar-refractivity contribution in [3.8, 4) is 0 Å². The number of hydrogen-bond acceptors (Lipinski definition) is 3. The van der Waals surface area contributed by atoms with Crippen molar-refractivity contribution in [3.05, 3.63) is 0 Å². The molecule has 0 aromatic rings. The maximum Gasteiger partial charge on any atom is 0.191 e. The molecule has 0 rings (SSSR count). The molecule has 3 nitrogen and oxygen atoms in total. The highest BCUT2D eigenvalue weighted by molar-refractivity contribution is 6.74. The fourth-order valence-electron chi connectivity index (χ4n) is 1.90. The highest BCUT2D eigenvalue weighted by Gasteiger charge is 2.39. The van der Waals surface area contributed by atoms with Crippen molar-refractivity contribution in [2.24, 2.45) is 5.92 Å². The van der Waals surface area contributed by atoms with Gasteiger partial charge in [0.15, 0.2) is 16.6 Å². The summed E-state index contributed by atoms with van der Waals surface area (Å²) in [4.78, 5) is 0. The molecule has 0 amide bonds. The van der Waals surface area contributed by atoms with Crippen molar-refractivity contribution in [2.75, 3.05) is 26.4 Å². The molecule has 0 saturated heterocycles. The molecule has 0 fully saturated rings. The van der Waals surface area contributed by atoms with Crippen LogP contribution in [0.25, 0.3) is 0 Å². The first-order valence-electron chi connectivity index (χ1n) is 10.5. The fourth-order valence-corrected chi connectivity index (χ4v) is 4.07. The van der Waals surface area contributed by atoms with Gasteiger partial charge in [0.05, 0.1) is 0 Å². The third-order valence-corrected chi connectivity index (χ3v) is 15.3. The molecular formula is C21H48O3Si2. The van der Waals surface area contributed by atoms with E-state index in [0.717, 1.165) is 39.3 Å². The van der Waals surface area contributed by atoms with E-state index in [1.807, 2.05) is 0 Å². The summed E-state index contributed by atoms with van der Waals surface area (Å²) in [6.07, 6.45) is 3.35. The molecule has 158 valence electrons. The van der Waals surface area contributed by atoms with E-state index in [1.165, 1.54) is 6.42 Å². The molecule has 0 aliphatic rings. The minimum atomic E-state index is -1.72. The van der Waals surface area contributed by atoms with E-state index in [4.69, 9.17) is 13.6 Å². The third-order valence-electron chi connectivity index (χ3n) is 6.28.